The summed E-state index contributed by atoms with van der Waals surface area (Å²) in [5, 5.41) is 0. The van der Waals surface area contributed by atoms with Crippen molar-refractivity contribution < 1.29 is 8.42 Å². The molecule has 1 aliphatic heterocycles. The molecule has 1 fully saturated rings. The van der Waals surface area contributed by atoms with E-state index in [2.05, 4.69) is 4.90 Å². The minimum absolute atomic E-state index is 0.126. The van der Waals surface area contributed by atoms with Gasteiger partial charge in [-0.3, -0.25) is 0 Å². The van der Waals surface area contributed by atoms with Crippen molar-refractivity contribution in [1.82, 2.24) is 9.21 Å². The Kier molecular flexibility index (Phi) is 5.17. The van der Waals surface area contributed by atoms with Gasteiger partial charge in [0.05, 0.1) is 5.75 Å². The Morgan fingerprint density at radius 3 is 2.75 bits per heavy atom. The van der Waals surface area contributed by atoms with E-state index in [1.807, 2.05) is 7.05 Å². The fourth-order valence-electron chi connectivity index (χ4n) is 2.07. The Balaban J connectivity index is 2.58. The van der Waals surface area contributed by atoms with Crippen LogP contribution >= 0.6 is 0 Å². The van der Waals surface area contributed by atoms with Gasteiger partial charge in [0.1, 0.15) is 0 Å². The number of hydrogen-bond donors (Lipinski definition) is 1. The number of piperidine rings is 1. The van der Waals surface area contributed by atoms with E-state index < -0.39 is 10.0 Å². The fourth-order valence-corrected chi connectivity index (χ4v) is 3.52. The van der Waals surface area contributed by atoms with Crippen LogP contribution in [0, 0.1) is 0 Å². The molecule has 0 amide bonds. The first kappa shape index (κ1) is 13.9. The Hall–Kier alpha value is -0.170. The number of rotatable bonds is 5. The van der Waals surface area contributed by atoms with Gasteiger partial charge in [-0.2, -0.15) is 0 Å². The normalized spacial score (nSPS) is 23.9. The van der Waals surface area contributed by atoms with Gasteiger partial charge < -0.3 is 10.6 Å². The van der Waals surface area contributed by atoms with Crippen LogP contribution in [0.5, 0.6) is 0 Å². The summed E-state index contributed by atoms with van der Waals surface area (Å²) in [4.78, 5) is 2.18. The van der Waals surface area contributed by atoms with Gasteiger partial charge in [0.15, 0.2) is 0 Å². The van der Waals surface area contributed by atoms with Gasteiger partial charge >= 0.3 is 0 Å². The van der Waals surface area contributed by atoms with Crippen LogP contribution in [0.2, 0.25) is 0 Å². The molecule has 6 heteroatoms. The molecule has 1 heterocycles. The molecule has 5 nitrogen and oxygen atoms in total. The van der Waals surface area contributed by atoms with Crippen molar-refractivity contribution in [2.24, 2.45) is 5.73 Å². The molecule has 0 aromatic rings. The van der Waals surface area contributed by atoms with E-state index in [1.54, 1.807) is 11.4 Å². The summed E-state index contributed by atoms with van der Waals surface area (Å²) in [6.07, 6.45) is 2.57. The van der Waals surface area contributed by atoms with Crippen molar-refractivity contribution in [2.45, 2.75) is 25.3 Å². The third-order valence-corrected chi connectivity index (χ3v) is 5.14. The molecule has 1 aliphatic rings. The number of nitrogens with two attached hydrogens (primary N) is 1. The maximum Gasteiger partial charge on any atom is 0.214 e. The summed E-state index contributed by atoms with van der Waals surface area (Å²) in [5.41, 5.74) is 5.35. The zero-order valence-corrected chi connectivity index (χ0v) is 11.0. The third kappa shape index (κ3) is 3.69. The predicted octanol–water partition coefficient (Wildman–Crippen LogP) is -0.309. The summed E-state index contributed by atoms with van der Waals surface area (Å²) in [7, 11) is 0.606. The van der Waals surface area contributed by atoms with Crippen molar-refractivity contribution in [3.05, 3.63) is 0 Å². The smallest absolute Gasteiger partial charge is 0.214 e. The Labute approximate surface area is 98.6 Å². The fraction of sp³-hybridized carbons (Fsp3) is 1.00. The zero-order chi connectivity index (χ0) is 12.2. The molecule has 2 N–H and O–H groups in total. The van der Waals surface area contributed by atoms with Crippen LogP contribution in [0.25, 0.3) is 0 Å². The lowest BCUT2D eigenvalue weighted by Gasteiger charge is -2.35. The number of nitrogens with zero attached hydrogens (tertiary/aromatic N) is 2. The SMILES string of the molecule is CN1CCCC(N(C)S(=O)(=O)CCCN)C1. The summed E-state index contributed by atoms with van der Waals surface area (Å²) in [6.45, 7) is 2.32. The highest BCUT2D eigenvalue weighted by molar-refractivity contribution is 7.89. The first-order valence-corrected chi connectivity index (χ1v) is 7.42. The first-order valence-electron chi connectivity index (χ1n) is 5.81. The molecule has 0 aromatic carbocycles. The van der Waals surface area contributed by atoms with Crippen molar-refractivity contribution in [1.29, 1.82) is 0 Å². The minimum atomic E-state index is -3.12. The number of hydrogen-bond acceptors (Lipinski definition) is 4. The quantitative estimate of drug-likeness (QED) is 0.726. The molecule has 0 bridgehead atoms. The van der Waals surface area contributed by atoms with Crippen LogP contribution in [-0.4, -0.2) is 63.1 Å². The van der Waals surface area contributed by atoms with Crippen molar-refractivity contribution in [3.63, 3.8) is 0 Å². The summed E-state index contributed by atoms with van der Waals surface area (Å²) >= 11 is 0. The average molecular weight is 249 g/mol. The highest BCUT2D eigenvalue weighted by Gasteiger charge is 2.28. The highest BCUT2D eigenvalue weighted by Crippen LogP contribution is 2.16. The predicted molar refractivity (Wildman–Crippen MR) is 65.7 cm³/mol. The van der Waals surface area contributed by atoms with Gasteiger partial charge in [0, 0.05) is 19.6 Å². The molecule has 1 saturated heterocycles. The lowest BCUT2D eigenvalue weighted by molar-refractivity contribution is 0.187. The first-order chi connectivity index (χ1) is 7.47. The molecular weight excluding hydrogens is 226 g/mol. The molecule has 96 valence electrons. The maximum atomic E-state index is 11.9. The number of likely N-dealkylation sites (N-methyl/N-ethyl adjacent to an activating group) is 2. The topological polar surface area (TPSA) is 66.6 Å². The van der Waals surface area contributed by atoms with E-state index in [4.69, 9.17) is 5.73 Å². The van der Waals surface area contributed by atoms with Crippen LogP contribution in [-0.2, 0) is 10.0 Å². The molecule has 0 aliphatic carbocycles. The zero-order valence-electron chi connectivity index (χ0n) is 10.2. The summed E-state index contributed by atoms with van der Waals surface area (Å²) in [5.74, 6) is 0.167. The van der Waals surface area contributed by atoms with Gasteiger partial charge in [-0.1, -0.05) is 0 Å². The van der Waals surface area contributed by atoms with Crippen LogP contribution < -0.4 is 5.73 Å². The molecule has 1 atom stereocenters. The van der Waals surface area contributed by atoms with Crippen molar-refractivity contribution in [3.8, 4) is 0 Å². The summed E-state index contributed by atoms with van der Waals surface area (Å²) < 4.78 is 25.4. The Morgan fingerprint density at radius 1 is 1.50 bits per heavy atom. The van der Waals surface area contributed by atoms with E-state index in [0.29, 0.717) is 13.0 Å². The molecule has 0 spiro atoms. The van der Waals surface area contributed by atoms with Gasteiger partial charge in [0.25, 0.3) is 0 Å². The number of sulfonamides is 1. The molecule has 1 rings (SSSR count). The molecule has 0 aromatic heterocycles. The molecule has 0 radical (unpaired) electrons. The second-order valence-electron chi connectivity index (χ2n) is 4.53. The monoisotopic (exact) mass is 249 g/mol. The third-order valence-electron chi connectivity index (χ3n) is 3.16. The van der Waals surface area contributed by atoms with Crippen LogP contribution in [0.15, 0.2) is 0 Å². The van der Waals surface area contributed by atoms with E-state index in [-0.39, 0.29) is 11.8 Å². The lowest BCUT2D eigenvalue weighted by Crippen LogP contribution is -2.47. The number of likely N-dealkylation sites (tertiary alicyclic amines) is 1. The summed E-state index contributed by atoms with van der Waals surface area (Å²) in [6, 6.07) is 0.126. The maximum absolute atomic E-state index is 11.9. The van der Waals surface area contributed by atoms with E-state index >= 15 is 0 Å². The van der Waals surface area contributed by atoms with Crippen molar-refractivity contribution >= 4 is 10.0 Å². The van der Waals surface area contributed by atoms with Gasteiger partial charge in [0.2, 0.25) is 10.0 Å². The van der Waals surface area contributed by atoms with Gasteiger partial charge in [-0.25, -0.2) is 12.7 Å². The van der Waals surface area contributed by atoms with E-state index in [9.17, 15) is 8.42 Å². The van der Waals surface area contributed by atoms with Crippen molar-refractivity contribution in [2.75, 3.05) is 39.5 Å². The lowest BCUT2D eigenvalue weighted by atomic mass is 10.1. The van der Waals surface area contributed by atoms with E-state index in [0.717, 1.165) is 25.9 Å². The molecular formula is C10H23N3O2S. The van der Waals surface area contributed by atoms with Crippen LogP contribution in [0.1, 0.15) is 19.3 Å². The molecule has 0 saturated carbocycles. The largest absolute Gasteiger partial charge is 0.330 e. The Morgan fingerprint density at radius 2 is 2.19 bits per heavy atom. The van der Waals surface area contributed by atoms with Gasteiger partial charge in [-0.05, 0) is 39.4 Å². The standard InChI is InChI=1S/C10H23N3O2S/c1-12-7-3-5-10(9-12)13(2)16(14,15)8-4-6-11/h10H,3-9,11H2,1-2H3. The average Bonchev–Trinajstić information content (AvgIpc) is 2.25. The second-order valence-corrected chi connectivity index (χ2v) is 6.68. The van der Waals surface area contributed by atoms with Crippen LogP contribution in [0.3, 0.4) is 0 Å². The van der Waals surface area contributed by atoms with Crippen LogP contribution in [0.4, 0.5) is 0 Å². The van der Waals surface area contributed by atoms with E-state index in [1.165, 1.54) is 0 Å². The molecule has 16 heavy (non-hydrogen) atoms. The minimum Gasteiger partial charge on any atom is -0.330 e. The Bertz CT molecular complexity index is 305. The second kappa shape index (κ2) is 5.95. The molecule has 1 unspecified atom stereocenters. The van der Waals surface area contributed by atoms with Gasteiger partial charge in [-0.15, -0.1) is 0 Å². The highest BCUT2D eigenvalue weighted by atomic mass is 32.2.